The molecule has 0 spiro atoms. The lowest BCUT2D eigenvalue weighted by Gasteiger charge is -2.49. The van der Waals surface area contributed by atoms with Crippen molar-refractivity contribution in [1.29, 1.82) is 0 Å². The van der Waals surface area contributed by atoms with Gasteiger partial charge in [0.1, 0.15) is 61.0 Å². The predicted octanol–water partition coefficient (Wildman–Crippen LogP) is -4.77. The second-order valence-electron chi connectivity index (χ2n) is 9.22. The molecule has 15 atom stereocenters. The monoisotopic (exact) mass is 545 g/mol. The first kappa shape index (κ1) is 30.4. The fraction of sp³-hybridized carbons (Fsp3) is 0.952. The van der Waals surface area contributed by atoms with Crippen LogP contribution in [-0.4, -0.2) is 154 Å². The third kappa shape index (κ3) is 6.38. The summed E-state index contributed by atoms with van der Waals surface area (Å²) in [6.45, 7) is 1.03. The van der Waals surface area contributed by atoms with E-state index in [1.54, 1.807) is 0 Å². The van der Waals surface area contributed by atoms with Crippen molar-refractivity contribution in [2.24, 2.45) is 0 Å². The van der Waals surface area contributed by atoms with Gasteiger partial charge in [0.05, 0.1) is 19.3 Å². The van der Waals surface area contributed by atoms with Crippen LogP contribution in [0, 0.1) is 0 Å². The molecule has 3 heterocycles. The highest BCUT2D eigenvalue weighted by Crippen LogP contribution is 2.33. The maximum atomic E-state index is 14.2. The van der Waals surface area contributed by atoms with Crippen molar-refractivity contribution in [1.82, 2.24) is 5.32 Å². The van der Waals surface area contributed by atoms with Crippen molar-refractivity contribution in [2.75, 3.05) is 20.3 Å². The van der Waals surface area contributed by atoms with Gasteiger partial charge in [0.2, 0.25) is 5.91 Å². The number of carbonyl (C=O) groups excluding carboxylic acids is 1. The van der Waals surface area contributed by atoms with E-state index in [9.17, 15) is 44.9 Å². The standard InChI is InChI=1S/C21H36FNO14/c1-6-12(27)14(29)16(31)20(33-6)37-18-11(23-7(2)26)19(32-3)35-9(5-25)17(18)36-21-15(30)13(28)10(22)8(4-24)34-21/h6,8-21,24-25,27-31H,4-5H2,1-3H3,(H,23,26)/t6-,8+,9+,10-,11+,12+,13-,14+,15+,16-,17+,18+,19+,20-,21-/m0/s1. The normalized spacial score (nSPS) is 49.0. The summed E-state index contributed by atoms with van der Waals surface area (Å²) in [6, 6.07) is -1.20. The Bertz CT molecular complexity index is 750. The minimum Gasteiger partial charge on any atom is -0.394 e. The van der Waals surface area contributed by atoms with E-state index in [0.29, 0.717) is 0 Å². The molecule has 3 aliphatic rings. The zero-order chi connectivity index (χ0) is 27.6. The van der Waals surface area contributed by atoms with Crippen LogP contribution in [0.5, 0.6) is 0 Å². The Kier molecular flexibility index (Phi) is 10.5. The minimum absolute atomic E-state index is 0.565. The van der Waals surface area contributed by atoms with Crippen LogP contribution in [0.3, 0.4) is 0 Å². The number of methoxy groups -OCH3 is 1. The van der Waals surface area contributed by atoms with Gasteiger partial charge in [-0.2, -0.15) is 0 Å². The molecule has 0 saturated carbocycles. The van der Waals surface area contributed by atoms with E-state index in [0.717, 1.165) is 0 Å². The summed E-state index contributed by atoms with van der Waals surface area (Å²) in [5.41, 5.74) is 0. The van der Waals surface area contributed by atoms with E-state index in [4.69, 9.17) is 28.4 Å². The summed E-state index contributed by atoms with van der Waals surface area (Å²) in [5, 5.41) is 73.1. The number of carbonyl (C=O) groups is 1. The Morgan fingerprint density at radius 2 is 1.35 bits per heavy atom. The van der Waals surface area contributed by atoms with Crippen molar-refractivity contribution in [2.45, 2.75) is 106 Å². The number of rotatable bonds is 8. The van der Waals surface area contributed by atoms with Gasteiger partial charge in [-0.1, -0.05) is 0 Å². The summed E-state index contributed by atoms with van der Waals surface area (Å²) < 4.78 is 47.7. The highest BCUT2D eigenvalue weighted by molar-refractivity contribution is 5.73. The van der Waals surface area contributed by atoms with Gasteiger partial charge < -0.3 is 69.5 Å². The second-order valence-corrected chi connectivity index (χ2v) is 9.22. The van der Waals surface area contributed by atoms with Gasteiger partial charge in [0, 0.05) is 14.0 Å². The van der Waals surface area contributed by atoms with Crippen molar-refractivity contribution < 1.29 is 73.4 Å². The molecule has 0 unspecified atom stereocenters. The summed E-state index contributed by atoms with van der Waals surface area (Å²) >= 11 is 0. The largest absolute Gasteiger partial charge is 0.394 e. The van der Waals surface area contributed by atoms with E-state index in [2.05, 4.69) is 5.32 Å². The van der Waals surface area contributed by atoms with Crippen LogP contribution in [-0.2, 0) is 33.2 Å². The van der Waals surface area contributed by atoms with E-state index >= 15 is 0 Å². The molecule has 3 rings (SSSR count). The average molecular weight is 546 g/mol. The molecule has 3 fully saturated rings. The van der Waals surface area contributed by atoms with E-state index in [1.807, 2.05) is 0 Å². The molecule has 3 saturated heterocycles. The molecular weight excluding hydrogens is 509 g/mol. The zero-order valence-corrected chi connectivity index (χ0v) is 20.4. The molecule has 0 aromatic rings. The van der Waals surface area contributed by atoms with E-state index in [1.165, 1.54) is 21.0 Å². The number of halogens is 1. The minimum atomic E-state index is -2.13. The zero-order valence-electron chi connectivity index (χ0n) is 20.4. The SMILES string of the molecule is CO[C@@H]1O[C@H](CO)[C@@H](O[C@@H]2O[C@H](CO)[C@H](F)[C@H](O)[C@H]2O)[C@H](O[C@@H]2O[C@@H](C)[C@@H](O)[C@@H](O)[C@@H]2O)[C@H]1NC(C)=O. The Balaban J connectivity index is 1.95. The molecule has 0 radical (unpaired) electrons. The molecule has 1 amide bonds. The number of hydrogen-bond donors (Lipinski definition) is 8. The molecule has 8 N–H and O–H groups in total. The Morgan fingerprint density at radius 1 is 0.811 bits per heavy atom. The molecule has 0 aliphatic carbocycles. The summed E-state index contributed by atoms with van der Waals surface area (Å²) in [4.78, 5) is 12.0. The molecule has 3 aliphatic heterocycles. The summed E-state index contributed by atoms with van der Waals surface area (Å²) in [5.74, 6) is -0.565. The predicted molar refractivity (Wildman–Crippen MR) is 115 cm³/mol. The van der Waals surface area contributed by atoms with Gasteiger partial charge in [0.25, 0.3) is 0 Å². The van der Waals surface area contributed by atoms with Gasteiger partial charge >= 0.3 is 0 Å². The Morgan fingerprint density at radius 3 is 1.92 bits per heavy atom. The maximum Gasteiger partial charge on any atom is 0.217 e. The number of hydrogen-bond acceptors (Lipinski definition) is 14. The fourth-order valence-corrected chi connectivity index (χ4v) is 4.56. The lowest BCUT2D eigenvalue weighted by atomic mass is 9.94. The lowest BCUT2D eigenvalue weighted by Crippen LogP contribution is -2.69. The van der Waals surface area contributed by atoms with Crippen molar-refractivity contribution in [3.63, 3.8) is 0 Å². The number of aliphatic hydroxyl groups excluding tert-OH is 7. The summed E-state index contributed by atoms with van der Waals surface area (Å²) in [7, 11) is 1.25. The Hall–Kier alpha value is -1.12. The number of ether oxygens (including phenoxy) is 6. The first-order valence-electron chi connectivity index (χ1n) is 11.8. The average Bonchev–Trinajstić information content (AvgIpc) is 2.87. The molecular formula is C21H36FNO14. The number of amides is 1. The molecule has 0 aromatic heterocycles. The van der Waals surface area contributed by atoms with Gasteiger partial charge in [-0.25, -0.2) is 4.39 Å². The second kappa shape index (κ2) is 12.8. The third-order valence-corrected chi connectivity index (χ3v) is 6.62. The maximum absolute atomic E-state index is 14.2. The van der Waals surface area contributed by atoms with Gasteiger partial charge in [-0.3, -0.25) is 4.79 Å². The topological polar surface area (TPSA) is 226 Å². The smallest absolute Gasteiger partial charge is 0.217 e. The molecule has 0 bridgehead atoms. The highest BCUT2D eigenvalue weighted by atomic mass is 19.1. The number of aliphatic hydroxyl groups is 7. The van der Waals surface area contributed by atoms with Crippen LogP contribution in [0.2, 0.25) is 0 Å². The Labute approximate surface area is 211 Å². The van der Waals surface area contributed by atoms with Crippen LogP contribution in [0.15, 0.2) is 0 Å². The van der Waals surface area contributed by atoms with Gasteiger partial charge in [-0.15, -0.1) is 0 Å². The lowest BCUT2D eigenvalue weighted by molar-refractivity contribution is -0.370. The third-order valence-electron chi connectivity index (χ3n) is 6.62. The van der Waals surface area contributed by atoms with Crippen LogP contribution in [0.4, 0.5) is 4.39 Å². The summed E-state index contributed by atoms with van der Waals surface area (Å²) in [6.07, 6.45) is -22.2. The highest BCUT2D eigenvalue weighted by Gasteiger charge is 2.54. The number of nitrogens with one attached hydrogen (secondary N) is 1. The quantitative estimate of drug-likeness (QED) is 0.143. The van der Waals surface area contributed by atoms with Crippen molar-refractivity contribution in [3.05, 3.63) is 0 Å². The molecule has 15 nitrogen and oxygen atoms in total. The van der Waals surface area contributed by atoms with Crippen molar-refractivity contribution >= 4 is 5.91 Å². The van der Waals surface area contributed by atoms with E-state index in [-0.39, 0.29) is 0 Å². The van der Waals surface area contributed by atoms with Crippen LogP contribution in [0.1, 0.15) is 13.8 Å². The van der Waals surface area contributed by atoms with Crippen LogP contribution < -0.4 is 5.32 Å². The van der Waals surface area contributed by atoms with Crippen LogP contribution >= 0.6 is 0 Å². The molecule has 37 heavy (non-hydrogen) atoms. The molecule has 0 aromatic carbocycles. The van der Waals surface area contributed by atoms with Gasteiger partial charge in [-0.05, 0) is 6.92 Å². The molecule has 216 valence electrons. The first-order valence-corrected chi connectivity index (χ1v) is 11.8. The fourth-order valence-electron chi connectivity index (χ4n) is 4.56. The van der Waals surface area contributed by atoms with Crippen molar-refractivity contribution in [3.8, 4) is 0 Å². The van der Waals surface area contributed by atoms with E-state index < -0.39 is 111 Å². The first-order chi connectivity index (χ1) is 17.4. The van der Waals surface area contributed by atoms with Crippen LogP contribution in [0.25, 0.3) is 0 Å². The molecule has 16 heteroatoms. The number of alkyl halides is 1. The van der Waals surface area contributed by atoms with Gasteiger partial charge in [0.15, 0.2) is 25.0 Å².